The highest BCUT2D eigenvalue weighted by Crippen LogP contribution is 2.22. The van der Waals surface area contributed by atoms with Crippen LogP contribution in [-0.2, 0) is 7.05 Å². The minimum absolute atomic E-state index is 0.132. The molecule has 2 heterocycles. The zero-order valence-electron chi connectivity index (χ0n) is 12.6. The molecule has 3 rings (SSSR count). The van der Waals surface area contributed by atoms with Crippen molar-refractivity contribution in [3.8, 4) is 11.1 Å². The summed E-state index contributed by atoms with van der Waals surface area (Å²) in [7, 11) is 4.04. The Kier molecular flexibility index (Phi) is 3.80. The van der Waals surface area contributed by atoms with Gasteiger partial charge in [-0.3, -0.25) is 4.79 Å². The van der Waals surface area contributed by atoms with Crippen LogP contribution < -0.4 is 0 Å². The molecule has 1 amide bonds. The minimum atomic E-state index is 0.132. The molecule has 1 aromatic heterocycles. The van der Waals surface area contributed by atoms with Gasteiger partial charge in [-0.05, 0) is 18.7 Å². The van der Waals surface area contributed by atoms with Gasteiger partial charge in [-0.2, -0.15) is 0 Å². The van der Waals surface area contributed by atoms with Gasteiger partial charge in [0.2, 0.25) is 0 Å². The monoisotopic (exact) mass is 283 g/mol. The second-order valence-electron chi connectivity index (χ2n) is 5.69. The minimum Gasteiger partial charge on any atom is -0.346 e. The van der Waals surface area contributed by atoms with Gasteiger partial charge in [0.05, 0.1) is 0 Å². The van der Waals surface area contributed by atoms with Crippen molar-refractivity contribution in [2.75, 3.05) is 33.2 Å². The van der Waals surface area contributed by atoms with Crippen LogP contribution in [0.2, 0.25) is 0 Å². The molecule has 1 aromatic carbocycles. The van der Waals surface area contributed by atoms with E-state index in [0.29, 0.717) is 0 Å². The summed E-state index contributed by atoms with van der Waals surface area (Å²) in [5, 5.41) is 0. The van der Waals surface area contributed by atoms with E-state index in [4.69, 9.17) is 0 Å². The number of benzene rings is 1. The lowest BCUT2D eigenvalue weighted by Crippen LogP contribution is -2.47. The van der Waals surface area contributed by atoms with E-state index in [1.54, 1.807) is 0 Å². The van der Waals surface area contributed by atoms with Crippen molar-refractivity contribution in [2.45, 2.75) is 0 Å². The van der Waals surface area contributed by atoms with Crippen LogP contribution in [0.25, 0.3) is 11.1 Å². The molecule has 1 aliphatic rings. The topological polar surface area (TPSA) is 28.5 Å². The standard InChI is InChI=1S/C17H21N3O/c1-18-8-10-20(11-9-18)17(21)16-12-15(13-19(16)2)14-6-4-3-5-7-14/h3-7,12-13H,8-11H2,1-2H3. The van der Waals surface area contributed by atoms with Crippen molar-refractivity contribution < 1.29 is 4.79 Å². The highest BCUT2D eigenvalue weighted by Gasteiger charge is 2.22. The summed E-state index contributed by atoms with van der Waals surface area (Å²) in [6, 6.07) is 12.2. The largest absolute Gasteiger partial charge is 0.346 e. The summed E-state index contributed by atoms with van der Waals surface area (Å²) in [6.45, 7) is 3.51. The Morgan fingerprint density at radius 3 is 2.29 bits per heavy atom. The van der Waals surface area contributed by atoms with Crippen molar-refractivity contribution in [3.63, 3.8) is 0 Å². The van der Waals surface area contributed by atoms with Crippen LogP contribution in [-0.4, -0.2) is 53.5 Å². The Bertz CT molecular complexity index is 625. The average Bonchev–Trinajstić information content (AvgIpc) is 2.90. The number of aromatic nitrogens is 1. The predicted molar refractivity (Wildman–Crippen MR) is 84.2 cm³/mol. The summed E-state index contributed by atoms with van der Waals surface area (Å²) in [6.07, 6.45) is 2.03. The molecule has 0 N–H and O–H groups in total. The Morgan fingerprint density at radius 1 is 0.952 bits per heavy atom. The molecule has 1 aliphatic heterocycles. The highest BCUT2D eigenvalue weighted by molar-refractivity contribution is 5.94. The molecule has 110 valence electrons. The SMILES string of the molecule is CN1CCN(C(=O)c2cc(-c3ccccc3)cn2C)CC1. The first-order valence-electron chi connectivity index (χ1n) is 7.35. The lowest BCUT2D eigenvalue weighted by atomic mass is 10.1. The van der Waals surface area contributed by atoms with E-state index in [1.165, 1.54) is 0 Å². The van der Waals surface area contributed by atoms with Crippen LogP contribution in [0, 0.1) is 0 Å². The first-order valence-corrected chi connectivity index (χ1v) is 7.35. The quantitative estimate of drug-likeness (QED) is 0.844. The number of carbonyl (C=O) groups excluding carboxylic acids is 1. The van der Waals surface area contributed by atoms with Crippen molar-refractivity contribution in [2.24, 2.45) is 7.05 Å². The Labute approximate surface area is 125 Å². The van der Waals surface area contributed by atoms with E-state index >= 15 is 0 Å². The summed E-state index contributed by atoms with van der Waals surface area (Å²) in [4.78, 5) is 16.9. The number of hydrogen-bond donors (Lipinski definition) is 0. The van der Waals surface area contributed by atoms with Crippen molar-refractivity contribution in [1.29, 1.82) is 0 Å². The Morgan fingerprint density at radius 2 is 1.62 bits per heavy atom. The molecule has 0 bridgehead atoms. The number of nitrogens with zero attached hydrogens (tertiary/aromatic N) is 3. The van der Waals surface area contributed by atoms with Crippen LogP contribution in [0.15, 0.2) is 42.6 Å². The number of piperazine rings is 1. The first kappa shape index (κ1) is 13.9. The molecule has 2 aromatic rings. The third-order valence-electron chi connectivity index (χ3n) is 4.12. The van der Waals surface area contributed by atoms with Gasteiger partial charge < -0.3 is 14.4 Å². The lowest BCUT2D eigenvalue weighted by Gasteiger charge is -2.32. The molecule has 21 heavy (non-hydrogen) atoms. The van der Waals surface area contributed by atoms with E-state index < -0.39 is 0 Å². The number of hydrogen-bond acceptors (Lipinski definition) is 2. The maximum Gasteiger partial charge on any atom is 0.270 e. The Balaban J connectivity index is 1.83. The van der Waals surface area contributed by atoms with E-state index in [9.17, 15) is 4.79 Å². The lowest BCUT2D eigenvalue weighted by molar-refractivity contribution is 0.0654. The summed E-state index contributed by atoms with van der Waals surface area (Å²) in [5.74, 6) is 0.132. The van der Waals surface area contributed by atoms with Gasteiger partial charge >= 0.3 is 0 Å². The average molecular weight is 283 g/mol. The molecule has 4 heteroatoms. The van der Waals surface area contributed by atoms with Gasteiger partial charge in [0, 0.05) is 45.0 Å². The second-order valence-corrected chi connectivity index (χ2v) is 5.69. The van der Waals surface area contributed by atoms with Gasteiger partial charge in [-0.15, -0.1) is 0 Å². The molecule has 1 saturated heterocycles. The van der Waals surface area contributed by atoms with Gasteiger partial charge in [0.15, 0.2) is 0 Å². The number of likely N-dealkylation sites (N-methyl/N-ethyl adjacent to an activating group) is 1. The number of carbonyl (C=O) groups is 1. The van der Waals surface area contributed by atoms with E-state index in [2.05, 4.69) is 24.1 Å². The molecule has 0 aliphatic carbocycles. The number of aryl methyl sites for hydroxylation is 1. The third-order valence-corrected chi connectivity index (χ3v) is 4.12. The summed E-state index contributed by atoms with van der Waals surface area (Å²) >= 11 is 0. The van der Waals surface area contributed by atoms with Crippen molar-refractivity contribution >= 4 is 5.91 Å². The van der Waals surface area contributed by atoms with Crippen LogP contribution in [0.3, 0.4) is 0 Å². The molecule has 0 radical (unpaired) electrons. The number of rotatable bonds is 2. The maximum atomic E-state index is 12.7. The fourth-order valence-corrected chi connectivity index (χ4v) is 2.74. The normalized spacial score (nSPS) is 16.2. The van der Waals surface area contributed by atoms with Gasteiger partial charge in [0.1, 0.15) is 5.69 Å². The molecule has 1 fully saturated rings. The van der Waals surface area contributed by atoms with Crippen LogP contribution in [0.5, 0.6) is 0 Å². The first-order chi connectivity index (χ1) is 10.1. The third kappa shape index (κ3) is 2.85. The molecular formula is C17H21N3O. The Hall–Kier alpha value is -2.07. The zero-order chi connectivity index (χ0) is 14.8. The number of amides is 1. The summed E-state index contributed by atoms with van der Waals surface area (Å²) < 4.78 is 1.93. The highest BCUT2D eigenvalue weighted by atomic mass is 16.2. The van der Waals surface area contributed by atoms with E-state index in [0.717, 1.165) is 43.0 Å². The predicted octanol–water partition coefficient (Wildman–Crippen LogP) is 2.08. The van der Waals surface area contributed by atoms with Crippen LogP contribution in [0.1, 0.15) is 10.5 Å². The molecule has 0 spiro atoms. The molecule has 0 atom stereocenters. The smallest absolute Gasteiger partial charge is 0.270 e. The molecule has 0 unspecified atom stereocenters. The van der Waals surface area contributed by atoms with Crippen LogP contribution >= 0.6 is 0 Å². The zero-order valence-corrected chi connectivity index (χ0v) is 12.6. The van der Waals surface area contributed by atoms with Crippen molar-refractivity contribution in [3.05, 3.63) is 48.3 Å². The fourth-order valence-electron chi connectivity index (χ4n) is 2.74. The fraction of sp³-hybridized carbons (Fsp3) is 0.353. The van der Waals surface area contributed by atoms with Crippen molar-refractivity contribution in [1.82, 2.24) is 14.4 Å². The molecule has 0 saturated carbocycles. The molecular weight excluding hydrogens is 262 g/mol. The van der Waals surface area contributed by atoms with E-state index in [1.807, 2.05) is 47.0 Å². The van der Waals surface area contributed by atoms with Gasteiger partial charge in [-0.25, -0.2) is 0 Å². The maximum absolute atomic E-state index is 12.7. The van der Waals surface area contributed by atoms with Gasteiger partial charge in [-0.1, -0.05) is 30.3 Å². The van der Waals surface area contributed by atoms with Gasteiger partial charge in [0.25, 0.3) is 5.91 Å². The molecule has 4 nitrogen and oxygen atoms in total. The summed E-state index contributed by atoms with van der Waals surface area (Å²) in [5.41, 5.74) is 3.00. The van der Waals surface area contributed by atoms with E-state index in [-0.39, 0.29) is 5.91 Å². The van der Waals surface area contributed by atoms with Crippen LogP contribution in [0.4, 0.5) is 0 Å². The second kappa shape index (κ2) is 5.74.